The topological polar surface area (TPSA) is 67.9 Å². The molecule has 0 bridgehead atoms. The number of benzene rings is 2. The second-order valence-electron chi connectivity index (χ2n) is 7.48. The second kappa shape index (κ2) is 9.45. The minimum Gasteiger partial charge on any atom is -0.497 e. The highest BCUT2D eigenvalue weighted by Crippen LogP contribution is 2.30. The van der Waals surface area contributed by atoms with E-state index in [9.17, 15) is 9.59 Å². The predicted molar refractivity (Wildman–Crippen MR) is 113 cm³/mol. The number of carbonyl (C=O) groups is 2. The van der Waals surface area contributed by atoms with Gasteiger partial charge in [0.2, 0.25) is 5.91 Å². The van der Waals surface area contributed by atoms with Crippen LogP contribution in [0.3, 0.4) is 0 Å². The molecule has 154 valence electrons. The summed E-state index contributed by atoms with van der Waals surface area (Å²) in [5, 5.41) is 3.06. The van der Waals surface area contributed by atoms with Crippen LogP contribution in [0.15, 0.2) is 48.5 Å². The van der Waals surface area contributed by atoms with Gasteiger partial charge in [0, 0.05) is 24.3 Å². The van der Waals surface area contributed by atoms with Crippen LogP contribution in [0.4, 0.5) is 10.5 Å². The maximum Gasteiger partial charge on any atom is 0.410 e. The van der Waals surface area contributed by atoms with Gasteiger partial charge in [-0.1, -0.05) is 30.3 Å². The Bertz CT molecular complexity index is 848. The first-order valence-electron chi connectivity index (χ1n) is 9.98. The number of ether oxygens (including phenoxy) is 2. The Morgan fingerprint density at radius 2 is 1.83 bits per heavy atom. The average molecular weight is 396 g/mol. The van der Waals surface area contributed by atoms with Crippen molar-refractivity contribution in [3.63, 3.8) is 0 Å². The number of nitrogens with zero attached hydrogens (tertiary/aromatic N) is 1. The molecular weight excluding hydrogens is 368 g/mol. The Balaban J connectivity index is 1.71. The molecule has 29 heavy (non-hydrogen) atoms. The summed E-state index contributed by atoms with van der Waals surface area (Å²) in [7, 11) is 1.63. The number of rotatable bonds is 5. The fourth-order valence-electron chi connectivity index (χ4n) is 3.48. The van der Waals surface area contributed by atoms with E-state index in [4.69, 9.17) is 9.47 Å². The zero-order valence-corrected chi connectivity index (χ0v) is 17.2. The highest BCUT2D eigenvalue weighted by molar-refractivity contribution is 5.97. The molecule has 0 unspecified atom stereocenters. The number of nitrogens with one attached hydrogen (secondary N) is 1. The summed E-state index contributed by atoms with van der Waals surface area (Å²) in [5.74, 6) is 0.450. The summed E-state index contributed by atoms with van der Waals surface area (Å²) in [6.07, 6.45) is 1.01. The van der Waals surface area contributed by atoms with Crippen molar-refractivity contribution in [2.24, 2.45) is 5.92 Å². The Hall–Kier alpha value is -3.02. The molecule has 0 spiro atoms. The van der Waals surface area contributed by atoms with E-state index in [1.54, 1.807) is 12.0 Å². The van der Waals surface area contributed by atoms with Crippen molar-refractivity contribution in [1.29, 1.82) is 0 Å². The Kier molecular flexibility index (Phi) is 6.75. The van der Waals surface area contributed by atoms with Crippen LogP contribution >= 0.6 is 0 Å². The minimum absolute atomic E-state index is 0.0759. The maximum atomic E-state index is 12.9. The molecule has 1 heterocycles. The Morgan fingerprint density at radius 3 is 2.52 bits per heavy atom. The number of methoxy groups -OCH3 is 1. The number of amides is 2. The van der Waals surface area contributed by atoms with Crippen molar-refractivity contribution in [3.8, 4) is 16.9 Å². The largest absolute Gasteiger partial charge is 0.497 e. The van der Waals surface area contributed by atoms with Crippen molar-refractivity contribution in [1.82, 2.24) is 4.90 Å². The van der Waals surface area contributed by atoms with Crippen LogP contribution in [0.25, 0.3) is 11.1 Å². The quantitative estimate of drug-likeness (QED) is 0.805. The molecule has 6 heteroatoms. The molecule has 0 radical (unpaired) electrons. The molecule has 6 nitrogen and oxygen atoms in total. The number of anilines is 1. The van der Waals surface area contributed by atoms with Crippen molar-refractivity contribution >= 4 is 17.7 Å². The van der Waals surface area contributed by atoms with Crippen molar-refractivity contribution in [2.45, 2.75) is 32.8 Å². The van der Waals surface area contributed by atoms with Gasteiger partial charge in [0.1, 0.15) is 5.75 Å². The van der Waals surface area contributed by atoms with Crippen LogP contribution in [-0.2, 0) is 9.53 Å². The highest BCUT2D eigenvalue weighted by Gasteiger charge is 2.29. The predicted octanol–water partition coefficient (Wildman–Crippen LogP) is 4.56. The van der Waals surface area contributed by atoms with Gasteiger partial charge in [0.15, 0.2) is 0 Å². The summed E-state index contributed by atoms with van der Waals surface area (Å²) in [6, 6.07) is 15.4. The van der Waals surface area contributed by atoms with Gasteiger partial charge in [0.25, 0.3) is 0 Å². The van der Waals surface area contributed by atoms with Gasteiger partial charge in [-0.05, 0) is 50.5 Å². The average Bonchev–Trinajstić information content (AvgIpc) is 2.74. The maximum absolute atomic E-state index is 12.9. The number of carbonyl (C=O) groups excluding carboxylic acids is 2. The molecule has 3 rings (SSSR count). The van der Waals surface area contributed by atoms with Gasteiger partial charge in [-0.3, -0.25) is 4.79 Å². The number of hydrogen-bond acceptors (Lipinski definition) is 4. The minimum atomic E-state index is -0.351. The molecule has 0 saturated carbocycles. The molecule has 2 amide bonds. The van der Waals surface area contributed by atoms with E-state index in [0.29, 0.717) is 13.1 Å². The molecule has 1 N–H and O–H groups in total. The monoisotopic (exact) mass is 396 g/mol. The fourth-order valence-corrected chi connectivity index (χ4v) is 3.48. The molecule has 1 saturated heterocycles. The standard InChI is InChI=1S/C23H28N2O4/c1-16(2)29-23(27)25-14-6-7-18(15-25)22(26)24-21-9-5-4-8-20(21)17-10-12-19(28-3)13-11-17/h4-5,8-13,16,18H,6-7,14-15H2,1-3H3,(H,24,26)/t18-/m1/s1. The Morgan fingerprint density at radius 1 is 1.10 bits per heavy atom. The number of piperidine rings is 1. The fraction of sp³-hybridized carbons (Fsp3) is 0.391. The summed E-state index contributed by atoms with van der Waals surface area (Å²) < 4.78 is 10.5. The zero-order valence-electron chi connectivity index (χ0n) is 17.2. The molecular formula is C23H28N2O4. The normalized spacial score (nSPS) is 16.4. The van der Waals surface area contributed by atoms with Crippen LogP contribution in [0.5, 0.6) is 5.75 Å². The van der Waals surface area contributed by atoms with Crippen molar-refractivity contribution < 1.29 is 19.1 Å². The first-order valence-corrected chi connectivity index (χ1v) is 9.98. The van der Waals surface area contributed by atoms with E-state index in [2.05, 4.69) is 5.32 Å². The Labute approximate surface area is 171 Å². The van der Waals surface area contributed by atoms with Gasteiger partial charge in [-0.15, -0.1) is 0 Å². The third-order valence-electron chi connectivity index (χ3n) is 4.97. The van der Waals surface area contributed by atoms with Gasteiger partial charge >= 0.3 is 6.09 Å². The second-order valence-corrected chi connectivity index (χ2v) is 7.48. The molecule has 2 aromatic rings. The molecule has 0 aliphatic carbocycles. The van der Waals surface area contributed by atoms with Crippen LogP contribution in [0.2, 0.25) is 0 Å². The smallest absolute Gasteiger partial charge is 0.410 e. The van der Waals surface area contributed by atoms with Crippen LogP contribution in [-0.4, -0.2) is 43.2 Å². The SMILES string of the molecule is COc1ccc(-c2ccccc2NC(=O)[C@@H]2CCCN(C(=O)OC(C)C)C2)cc1. The van der Waals surface area contributed by atoms with E-state index < -0.39 is 0 Å². The first-order chi connectivity index (χ1) is 14.0. The van der Waals surface area contributed by atoms with Crippen LogP contribution in [0, 0.1) is 5.92 Å². The van der Waals surface area contributed by atoms with E-state index in [-0.39, 0.29) is 24.0 Å². The number of para-hydroxylation sites is 1. The van der Waals surface area contributed by atoms with Gasteiger partial charge in [-0.25, -0.2) is 4.79 Å². The summed E-state index contributed by atoms with van der Waals surface area (Å²) in [5.41, 5.74) is 2.69. The molecule has 0 aromatic heterocycles. The molecule has 1 aliphatic rings. The molecule has 1 atom stereocenters. The first kappa shape index (κ1) is 20.7. The molecule has 2 aromatic carbocycles. The van der Waals surface area contributed by atoms with Crippen molar-refractivity contribution in [2.75, 3.05) is 25.5 Å². The third-order valence-corrected chi connectivity index (χ3v) is 4.97. The lowest BCUT2D eigenvalue weighted by Gasteiger charge is -2.32. The third kappa shape index (κ3) is 5.28. The zero-order chi connectivity index (χ0) is 20.8. The van der Waals surface area contributed by atoms with E-state index >= 15 is 0 Å². The summed E-state index contributed by atoms with van der Waals surface area (Å²) in [4.78, 5) is 26.7. The number of likely N-dealkylation sites (tertiary alicyclic amines) is 1. The van der Waals surface area contributed by atoms with Gasteiger partial charge in [0.05, 0.1) is 19.1 Å². The summed E-state index contributed by atoms with van der Waals surface area (Å²) >= 11 is 0. The van der Waals surface area contributed by atoms with E-state index in [1.165, 1.54) is 0 Å². The lowest BCUT2D eigenvalue weighted by Crippen LogP contribution is -2.44. The lowest BCUT2D eigenvalue weighted by atomic mass is 9.96. The molecule has 1 aliphatic heterocycles. The van der Waals surface area contributed by atoms with Gasteiger partial charge < -0.3 is 19.7 Å². The highest BCUT2D eigenvalue weighted by atomic mass is 16.6. The van der Waals surface area contributed by atoms with Crippen molar-refractivity contribution in [3.05, 3.63) is 48.5 Å². The van der Waals surface area contributed by atoms with Gasteiger partial charge in [-0.2, -0.15) is 0 Å². The summed E-state index contributed by atoms with van der Waals surface area (Å²) in [6.45, 7) is 4.64. The molecule has 1 fully saturated rings. The van der Waals surface area contributed by atoms with E-state index in [0.717, 1.165) is 35.4 Å². The van der Waals surface area contributed by atoms with Crippen LogP contribution < -0.4 is 10.1 Å². The van der Waals surface area contributed by atoms with Crippen LogP contribution in [0.1, 0.15) is 26.7 Å². The lowest BCUT2D eigenvalue weighted by molar-refractivity contribution is -0.121. The van der Waals surface area contributed by atoms with E-state index in [1.807, 2.05) is 62.4 Å². The number of hydrogen-bond donors (Lipinski definition) is 1.